The number of hydrogen-bond donors (Lipinski definition) is 1. The summed E-state index contributed by atoms with van der Waals surface area (Å²) in [4.78, 5) is 16.7. The molecule has 0 radical (unpaired) electrons. The summed E-state index contributed by atoms with van der Waals surface area (Å²) in [5.41, 5.74) is 2.26. The highest BCUT2D eigenvalue weighted by atomic mass is 32.1. The molecular weight excluding hydrogens is 374 g/mol. The van der Waals surface area contributed by atoms with Crippen molar-refractivity contribution in [3.63, 3.8) is 0 Å². The van der Waals surface area contributed by atoms with Crippen molar-refractivity contribution in [2.75, 3.05) is 40.9 Å². The van der Waals surface area contributed by atoms with Crippen molar-refractivity contribution in [1.82, 2.24) is 15.1 Å². The standard InChI is InChI=1S/C21H29N3O3S/c1-6-13-27-17-10-7-9-16(14-17)19-18(20(25)26-5)15(2)24(21(28)22-19)12-8-11-23(3)4/h6-7,9-10,14,19H,1,8,11-13H2,2-5H3,(H,22,28)/t19-/m1/s1. The number of thiocarbonyl (C=S) groups is 1. The van der Waals surface area contributed by atoms with Crippen LogP contribution in [0.15, 0.2) is 48.2 Å². The summed E-state index contributed by atoms with van der Waals surface area (Å²) >= 11 is 5.61. The van der Waals surface area contributed by atoms with Crippen molar-refractivity contribution < 1.29 is 14.3 Å². The quantitative estimate of drug-likeness (QED) is 0.386. The summed E-state index contributed by atoms with van der Waals surface area (Å²) in [6, 6.07) is 7.22. The fourth-order valence-electron chi connectivity index (χ4n) is 3.16. The van der Waals surface area contributed by atoms with Gasteiger partial charge in [-0.15, -0.1) is 0 Å². The highest BCUT2D eigenvalue weighted by molar-refractivity contribution is 7.80. The highest BCUT2D eigenvalue weighted by Gasteiger charge is 2.34. The van der Waals surface area contributed by atoms with E-state index < -0.39 is 6.04 Å². The van der Waals surface area contributed by atoms with Gasteiger partial charge in [0, 0.05) is 12.2 Å². The van der Waals surface area contributed by atoms with E-state index >= 15 is 0 Å². The average molecular weight is 404 g/mol. The van der Waals surface area contributed by atoms with E-state index in [1.807, 2.05) is 50.2 Å². The normalized spacial score (nSPS) is 16.8. The van der Waals surface area contributed by atoms with E-state index in [2.05, 4.69) is 16.8 Å². The summed E-state index contributed by atoms with van der Waals surface area (Å²) in [5, 5.41) is 3.91. The van der Waals surface area contributed by atoms with Gasteiger partial charge in [-0.3, -0.25) is 0 Å². The summed E-state index contributed by atoms with van der Waals surface area (Å²) < 4.78 is 10.7. The molecule has 6 nitrogen and oxygen atoms in total. The van der Waals surface area contributed by atoms with Gasteiger partial charge in [0.2, 0.25) is 0 Å². The second-order valence-electron chi connectivity index (χ2n) is 6.85. The summed E-state index contributed by atoms with van der Waals surface area (Å²) in [6.07, 6.45) is 2.62. The molecule has 1 heterocycles. The van der Waals surface area contributed by atoms with Crippen molar-refractivity contribution in [2.45, 2.75) is 19.4 Å². The Kier molecular flexibility index (Phi) is 8.02. The van der Waals surface area contributed by atoms with Crippen LogP contribution in [0.25, 0.3) is 0 Å². The minimum atomic E-state index is -0.391. The lowest BCUT2D eigenvalue weighted by Crippen LogP contribution is -2.48. The van der Waals surface area contributed by atoms with Gasteiger partial charge in [-0.25, -0.2) is 4.79 Å². The van der Waals surface area contributed by atoms with E-state index in [9.17, 15) is 4.79 Å². The maximum atomic E-state index is 12.6. The largest absolute Gasteiger partial charge is 0.490 e. The molecule has 1 aromatic rings. The number of carbonyl (C=O) groups excluding carboxylic acids is 1. The number of methoxy groups -OCH3 is 1. The first-order valence-electron chi connectivity index (χ1n) is 9.24. The molecule has 0 saturated carbocycles. The Hall–Kier alpha value is -2.38. The monoisotopic (exact) mass is 403 g/mol. The summed E-state index contributed by atoms with van der Waals surface area (Å²) in [6.45, 7) is 7.66. The van der Waals surface area contributed by atoms with E-state index in [0.29, 0.717) is 23.0 Å². The molecule has 1 atom stereocenters. The first-order valence-corrected chi connectivity index (χ1v) is 9.65. The van der Waals surface area contributed by atoms with E-state index in [-0.39, 0.29) is 5.97 Å². The Morgan fingerprint density at radius 2 is 2.18 bits per heavy atom. The number of esters is 1. The van der Waals surface area contributed by atoms with Gasteiger partial charge in [0.05, 0.1) is 18.7 Å². The van der Waals surface area contributed by atoms with E-state index in [4.69, 9.17) is 21.7 Å². The fourth-order valence-corrected chi connectivity index (χ4v) is 3.51. The van der Waals surface area contributed by atoms with Crippen molar-refractivity contribution in [3.05, 3.63) is 53.8 Å². The molecule has 0 aliphatic carbocycles. The van der Waals surface area contributed by atoms with Crippen molar-refractivity contribution in [2.24, 2.45) is 0 Å². The first kappa shape index (κ1) is 21.9. The van der Waals surface area contributed by atoms with Crippen LogP contribution in [-0.2, 0) is 9.53 Å². The van der Waals surface area contributed by atoms with Crippen molar-refractivity contribution in [3.8, 4) is 5.75 Å². The van der Waals surface area contributed by atoms with Crippen LogP contribution in [0.5, 0.6) is 5.75 Å². The zero-order valence-electron chi connectivity index (χ0n) is 17.0. The zero-order chi connectivity index (χ0) is 20.7. The predicted octanol–water partition coefficient (Wildman–Crippen LogP) is 2.88. The number of benzene rings is 1. The van der Waals surface area contributed by atoms with E-state index in [0.717, 1.165) is 30.8 Å². The lowest BCUT2D eigenvalue weighted by Gasteiger charge is -2.37. The molecule has 7 heteroatoms. The minimum Gasteiger partial charge on any atom is -0.490 e. The van der Waals surface area contributed by atoms with Gasteiger partial charge in [0.15, 0.2) is 5.11 Å². The smallest absolute Gasteiger partial charge is 0.337 e. The molecule has 152 valence electrons. The molecule has 1 aromatic carbocycles. The van der Waals surface area contributed by atoms with Crippen LogP contribution in [-0.4, -0.2) is 61.8 Å². The third-order valence-corrected chi connectivity index (χ3v) is 4.89. The van der Waals surface area contributed by atoms with Gasteiger partial charge in [-0.2, -0.15) is 0 Å². The molecule has 0 fully saturated rings. The number of carbonyl (C=O) groups is 1. The molecule has 0 spiro atoms. The van der Waals surface area contributed by atoms with Crippen molar-refractivity contribution >= 4 is 23.3 Å². The molecule has 2 rings (SSSR count). The zero-order valence-corrected chi connectivity index (χ0v) is 17.8. The van der Waals surface area contributed by atoms with Gasteiger partial charge < -0.3 is 24.6 Å². The average Bonchev–Trinajstić information content (AvgIpc) is 2.67. The molecule has 0 amide bonds. The molecule has 1 aliphatic heterocycles. The lowest BCUT2D eigenvalue weighted by molar-refractivity contribution is -0.136. The molecular formula is C21H29N3O3S. The van der Waals surface area contributed by atoms with Gasteiger partial charge in [-0.05, 0) is 63.9 Å². The van der Waals surface area contributed by atoms with Crippen LogP contribution in [0.2, 0.25) is 0 Å². The number of hydrogen-bond acceptors (Lipinski definition) is 5. The Labute approximate surface area is 172 Å². The van der Waals surface area contributed by atoms with Crippen LogP contribution >= 0.6 is 12.2 Å². The topological polar surface area (TPSA) is 54.0 Å². The molecule has 28 heavy (non-hydrogen) atoms. The highest BCUT2D eigenvalue weighted by Crippen LogP contribution is 2.32. The molecule has 0 aromatic heterocycles. The number of allylic oxidation sites excluding steroid dienone is 1. The predicted molar refractivity (Wildman–Crippen MR) is 115 cm³/mol. The number of rotatable bonds is 9. The second-order valence-corrected chi connectivity index (χ2v) is 7.24. The minimum absolute atomic E-state index is 0.368. The Balaban J connectivity index is 2.36. The molecule has 0 unspecified atom stereocenters. The Morgan fingerprint density at radius 1 is 1.43 bits per heavy atom. The van der Waals surface area contributed by atoms with Crippen molar-refractivity contribution in [1.29, 1.82) is 0 Å². The third-order valence-electron chi connectivity index (χ3n) is 4.55. The van der Waals surface area contributed by atoms with E-state index in [1.165, 1.54) is 7.11 Å². The fraction of sp³-hybridized carbons (Fsp3) is 0.429. The van der Waals surface area contributed by atoms with Gasteiger partial charge in [0.25, 0.3) is 0 Å². The van der Waals surface area contributed by atoms with Crippen LogP contribution in [0.1, 0.15) is 24.9 Å². The second kappa shape index (κ2) is 10.2. The maximum Gasteiger partial charge on any atom is 0.337 e. The number of nitrogens with one attached hydrogen (secondary N) is 1. The Bertz CT molecular complexity index is 761. The van der Waals surface area contributed by atoms with Crippen LogP contribution in [0, 0.1) is 0 Å². The molecule has 0 saturated heterocycles. The van der Waals surface area contributed by atoms with Crippen LogP contribution in [0.3, 0.4) is 0 Å². The van der Waals surface area contributed by atoms with Crippen LogP contribution < -0.4 is 10.1 Å². The maximum absolute atomic E-state index is 12.6. The SMILES string of the molecule is C=CCOc1cccc([C@H]2NC(=S)N(CCCN(C)C)C(C)=C2C(=O)OC)c1. The van der Waals surface area contributed by atoms with Crippen LogP contribution in [0.4, 0.5) is 0 Å². The molecule has 1 aliphatic rings. The molecule has 1 N–H and O–H groups in total. The number of nitrogens with zero attached hydrogens (tertiary/aromatic N) is 2. The first-order chi connectivity index (χ1) is 13.4. The molecule has 0 bridgehead atoms. The summed E-state index contributed by atoms with van der Waals surface area (Å²) in [5.74, 6) is 0.341. The van der Waals surface area contributed by atoms with Gasteiger partial charge in [0.1, 0.15) is 12.4 Å². The van der Waals surface area contributed by atoms with Gasteiger partial charge >= 0.3 is 5.97 Å². The summed E-state index contributed by atoms with van der Waals surface area (Å²) in [7, 11) is 5.46. The Morgan fingerprint density at radius 3 is 2.82 bits per heavy atom. The number of ether oxygens (including phenoxy) is 2. The van der Waals surface area contributed by atoms with E-state index in [1.54, 1.807) is 6.08 Å². The third kappa shape index (κ3) is 5.33. The lowest BCUT2D eigenvalue weighted by atomic mass is 9.94. The van der Waals surface area contributed by atoms with Gasteiger partial charge in [-0.1, -0.05) is 24.8 Å².